The monoisotopic (exact) mass is 331 g/mol. The SMILES string of the molecule is Nc1ccc(Br)cc1S(=O)(=O)Cc1ccsc1. The summed E-state index contributed by atoms with van der Waals surface area (Å²) in [6.45, 7) is 0. The standard InChI is InChI=1S/C11H10BrNO2S2/c12-9-1-2-10(13)11(5-9)17(14,15)7-8-3-4-16-6-8/h1-6H,7,13H2. The van der Waals surface area contributed by atoms with Crippen LogP contribution in [0.1, 0.15) is 5.56 Å². The molecule has 17 heavy (non-hydrogen) atoms. The van der Waals surface area contributed by atoms with Crippen LogP contribution in [-0.2, 0) is 15.6 Å². The van der Waals surface area contributed by atoms with E-state index in [1.807, 2.05) is 10.8 Å². The molecule has 0 saturated carbocycles. The third-order valence-electron chi connectivity index (χ3n) is 2.25. The highest BCUT2D eigenvalue weighted by atomic mass is 79.9. The van der Waals surface area contributed by atoms with E-state index in [9.17, 15) is 8.42 Å². The number of halogens is 1. The molecule has 0 spiro atoms. The molecular formula is C11H10BrNO2S2. The summed E-state index contributed by atoms with van der Waals surface area (Å²) in [6.07, 6.45) is 0. The van der Waals surface area contributed by atoms with Gasteiger partial charge in [0.2, 0.25) is 0 Å². The van der Waals surface area contributed by atoms with Gasteiger partial charge in [0.05, 0.1) is 16.3 Å². The lowest BCUT2D eigenvalue weighted by Gasteiger charge is -2.07. The van der Waals surface area contributed by atoms with Crippen LogP contribution >= 0.6 is 27.3 Å². The van der Waals surface area contributed by atoms with Crippen molar-refractivity contribution in [3.63, 3.8) is 0 Å². The van der Waals surface area contributed by atoms with Gasteiger partial charge in [0, 0.05) is 4.47 Å². The summed E-state index contributed by atoms with van der Waals surface area (Å²) in [4.78, 5) is 0.179. The van der Waals surface area contributed by atoms with Gasteiger partial charge in [0.25, 0.3) is 0 Å². The number of thiophene rings is 1. The van der Waals surface area contributed by atoms with Crippen LogP contribution in [0.4, 0.5) is 5.69 Å². The predicted molar refractivity (Wildman–Crippen MR) is 73.8 cm³/mol. The van der Waals surface area contributed by atoms with Gasteiger partial charge in [-0.3, -0.25) is 0 Å². The first-order valence-corrected chi connectivity index (χ1v) is 8.17. The molecule has 1 aromatic heterocycles. The van der Waals surface area contributed by atoms with Crippen LogP contribution < -0.4 is 5.73 Å². The molecule has 6 heteroatoms. The Morgan fingerprint density at radius 1 is 1.29 bits per heavy atom. The first-order chi connectivity index (χ1) is 7.99. The van der Waals surface area contributed by atoms with Gasteiger partial charge in [0.1, 0.15) is 0 Å². The third kappa shape index (κ3) is 2.88. The quantitative estimate of drug-likeness (QED) is 0.879. The first-order valence-electron chi connectivity index (χ1n) is 4.78. The zero-order chi connectivity index (χ0) is 12.5. The molecule has 2 N–H and O–H groups in total. The van der Waals surface area contributed by atoms with E-state index in [-0.39, 0.29) is 16.3 Å². The number of benzene rings is 1. The summed E-state index contributed by atoms with van der Waals surface area (Å²) in [5.74, 6) is -0.0167. The molecular weight excluding hydrogens is 322 g/mol. The minimum Gasteiger partial charge on any atom is -0.398 e. The molecule has 0 aliphatic heterocycles. The summed E-state index contributed by atoms with van der Waals surface area (Å²) in [5, 5.41) is 3.68. The molecule has 90 valence electrons. The summed E-state index contributed by atoms with van der Waals surface area (Å²) in [7, 11) is -3.38. The summed E-state index contributed by atoms with van der Waals surface area (Å²) in [5.41, 5.74) is 6.77. The molecule has 0 fully saturated rings. The number of hydrogen-bond acceptors (Lipinski definition) is 4. The highest BCUT2D eigenvalue weighted by Gasteiger charge is 2.18. The molecule has 0 aliphatic carbocycles. The van der Waals surface area contributed by atoms with Crippen molar-refractivity contribution in [2.45, 2.75) is 10.6 Å². The van der Waals surface area contributed by atoms with Gasteiger partial charge in [-0.25, -0.2) is 8.42 Å². The van der Waals surface area contributed by atoms with E-state index in [0.717, 1.165) is 5.56 Å². The molecule has 2 rings (SSSR count). The Labute approximate surface area is 112 Å². The molecule has 0 atom stereocenters. The molecule has 1 heterocycles. The topological polar surface area (TPSA) is 60.2 Å². The van der Waals surface area contributed by atoms with E-state index in [4.69, 9.17) is 5.73 Å². The van der Waals surface area contributed by atoms with E-state index in [1.165, 1.54) is 17.4 Å². The van der Waals surface area contributed by atoms with Gasteiger partial charge >= 0.3 is 0 Å². The average Bonchev–Trinajstić information content (AvgIpc) is 2.73. The van der Waals surface area contributed by atoms with Crippen molar-refractivity contribution in [2.24, 2.45) is 0 Å². The zero-order valence-corrected chi connectivity index (χ0v) is 12.0. The van der Waals surface area contributed by atoms with Crippen molar-refractivity contribution in [1.82, 2.24) is 0 Å². The Morgan fingerprint density at radius 2 is 2.06 bits per heavy atom. The number of nitrogens with two attached hydrogens (primary N) is 1. The fourth-order valence-corrected chi connectivity index (χ4v) is 4.24. The normalized spacial score (nSPS) is 11.6. The Morgan fingerprint density at radius 3 is 2.71 bits per heavy atom. The summed E-state index contributed by atoms with van der Waals surface area (Å²) >= 11 is 4.73. The molecule has 0 saturated heterocycles. The highest BCUT2D eigenvalue weighted by molar-refractivity contribution is 9.10. The van der Waals surface area contributed by atoms with Crippen LogP contribution in [0.3, 0.4) is 0 Å². The largest absolute Gasteiger partial charge is 0.398 e. The average molecular weight is 332 g/mol. The maximum Gasteiger partial charge on any atom is 0.184 e. The Kier molecular flexibility index (Phi) is 3.56. The van der Waals surface area contributed by atoms with Crippen molar-refractivity contribution >= 4 is 42.8 Å². The molecule has 0 radical (unpaired) electrons. The van der Waals surface area contributed by atoms with Crippen LogP contribution in [0.15, 0.2) is 44.4 Å². The maximum absolute atomic E-state index is 12.2. The van der Waals surface area contributed by atoms with E-state index in [2.05, 4.69) is 15.9 Å². The lowest BCUT2D eigenvalue weighted by atomic mass is 10.3. The maximum atomic E-state index is 12.2. The van der Waals surface area contributed by atoms with Crippen molar-refractivity contribution in [3.05, 3.63) is 45.1 Å². The van der Waals surface area contributed by atoms with Crippen LogP contribution in [0.2, 0.25) is 0 Å². The number of rotatable bonds is 3. The second kappa shape index (κ2) is 4.80. The van der Waals surface area contributed by atoms with Gasteiger partial charge in [-0.15, -0.1) is 0 Å². The van der Waals surface area contributed by atoms with Crippen molar-refractivity contribution in [2.75, 3.05) is 5.73 Å². The van der Waals surface area contributed by atoms with Crippen molar-refractivity contribution in [1.29, 1.82) is 0 Å². The Hall–Kier alpha value is -0.850. The van der Waals surface area contributed by atoms with E-state index in [1.54, 1.807) is 18.2 Å². The molecule has 1 aromatic carbocycles. The van der Waals surface area contributed by atoms with Gasteiger partial charge in [-0.05, 0) is 40.6 Å². The lowest BCUT2D eigenvalue weighted by Crippen LogP contribution is -2.07. The van der Waals surface area contributed by atoms with Crippen LogP contribution in [-0.4, -0.2) is 8.42 Å². The fraction of sp³-hybridized carbons (Fsp3) is 0.0909. The third-order valence-corrected chi connectivity index (χ3v) is 5.21. The van der Waals surface area contributed by atoms with Crippen LogP contribution in [0.5, 0.6) is 0 Å². The number of nitrogen functional groups attached to an aromatic ring is 1. The Bertz CT molecular complexity index is 621. The summed E-state index contributed by atoms with van der Waals surface area (Å²) < 4.78 is 25.1. The number of sulfone groups is 1. The molecule has 0 aliphatic rings. The smallest absolute Gasteiger partial charge is 0.184 e. The zero-order valence-electron chi connectivity index (χ0n) is 8.76. The van der Waals surface area contributed by atoms with Gasteiger partial charge in [0.15, 0.2) is 9.84 Å². The second-order valence-corrected chi connectivity index (χ2v) is 7.23. The summed E-state index contributed by atoms with van der Waals surface area (Å²) in [6, 6.07) is 6.65. The molecule has 2 aromatic rings. The van der Waals surface area contributed by atoms with E-state index >= 15 is 0 Å². The highest BCUT2D eigenvalue weighted by Crippen LogP contribution is 2.26. The number of anilines is 1. The molecule has 3 nitrogen and oxygen atoms in total. The Balaban J connectivity index is 2.41. The molecule has 0 unspecified atom stereocenters. The van der Waals surface area contributed by atoms with Crippen LogP contribution in [0, 0.1) is 0 Å². The minimum atomic E-state index is -3.38. The van der Waals surface area contributed by atoms with Crippen molar-refractivity contribution in [3.8, 4) is 0 Å². The minimum absolute atomic E-state index is 0.0167. The van der Waals surface area contributed by atoms with Gasteiger partial charge in [-0.2, -0.15) is 11.3 Å². The second-order valence-electron chi connectivity index (χ2n) is 3.57. The van der Waals surface area contributed by atoms with Crippen molar-refractivity contribution < 1.29 is 8.42 Å². The first kappa shape index (κ1) is 12.6. The lowest BCUT2D eigenvalue weighted by molar-refractivity contribution is 0.595. The van der Waals surface area contributed by atoms with Gasteiger partial charge < -0.3 is 5.73 Å². The van der Waals surface area contributed by atoms with E-state index < -0.39 is 9.84 Å². The van der Waals surface area contributed by atoms with Crippen LogP contribution in [0.25, 0.3) is 0 Å². The predicted octanol–water partition coefficient (Wildman–Crippen LogP) is 3.07. The fourth-order valence-electron chi connectivity index (χ4n) is 1.45. The van der Waals surface area contributed by atoms with Gasteiger partial charge in [-0.1, -0.05) is 15.9 Å². The number of hydrogen-bond donors (Lipinski definition) is 1. The van der Waals surface area contributed by atoms with E-state index in [0.29, 0.717) is 4.47 Å². The molecule has 0 bridgehead atoms. The molecule has 0 amide bonds.